The van der Waals surface area contributed by atoms with Crippen LogP contribution in [0.25, 0.3) is 0 Å². The number of hydrogen-bond acceptors (Lipinski definition) is 4. The third kappa shape index (κ3) is 4.81. The Morgan fingerprint density at radius 1 is 1.19 bits per heavy atom. The molecular formula is C17H12ClF3N4OS. The summed E-state index contributed by atoms with van der Waals surface area (Å²) in [7, 11) is 0. The van der Waals surface area contributed by atoms with Gasteiger partial charge in [0.25, 0.3) is 0 Å². The second-order valence-corrected chi connectivity index (χ2v) is 6.88. The Morgan fingerprint density at radius 2 is 1.93 bits per heavy atom. The molecule has 1 amide bonds. The van der Waals surface area contributed by atoms with Gasteiger partial charge in [-0.25, -0.2) is 4.98 Å². The minimum atomic E-state index is -4.62. The van der Waals surface area contributed by atoms with Crippen molar-refractivity contribution >= 4 is 35.0 Å². The van der Waals surface area contributed by atoms with Crippen LogP contribution < -0.4 is 5.32 Å². The summed E-state index contributed by atoms with van der Waals surface area (Å²) in [5.74, 6) is -0.502. The number of halogens is 4. The number of nitrogens with one attached hydrogen (secondary N) is 2. The van der Waals surface area contributed by atoms with Crippen molar-refractivity contribution in [2.75, 3.05) is 5.32 Å². The van der Waals surface area contributed by atoms with Crippen LogP contribution in [-0.4, -0.2) is 21.1 Å². The molecule has 0 unspecified atom stereocenters. The molecule has 0 spiro atoms. The van der Waals surface area contributed by atoms with Gasteiger partial charge in [0.05, 0.1) is 10.6 Å². The highest BCUT2D eigenvalue weighted by Crippen LogP contribution is 2.37. The van der Waals surface area contributed by atoms with Gasteiger partial charge in [0.2, 0.25) is 5.91 Å². The number of carbonyl (C=O) groups is 1. The van der Waals surface area contributed by atoms with Crippen LogP contribution in [0.5, 0.6) is 0 Å². The third-order valence-corrected chi connectivity index (χ3v) is 4.97. The van der Waals surface area contributed by atoms with Crippen LogP contribution in [-0.2, 0) is 11.0 Å². The van der Waals surface area contributed by atoms with E-state index in [1.807, 2.05) is 0 Å². The number of amides is 1. The van der Waals surface area contributed by atoms with E-state index in [4.69, 9.17) is 11.6 Å². The molecule has 2 N–H and O–H groups in total. The Balaban J connectivity index is 1.87. The molecule has 0 fully saturated rings. The van der Waals surface area contributed by atoms with E-state index in [0.29, 0.717) is 10.7 Å². The van der Waals surface area contributed by atoms with Gasteiger partial charge in [0, 0.05) is 5.69 Å². The summed E-state index contributed by atoms with van der Waals surface area (Å²) in [6.07, 6.45) is -3.32. The first-order valence-corrected chi connectivity index (χ1v) is 8.85. The Hall–Kier alpha value is -2.52. The van der Waals surface area contributed by atoms with Crippen LogP contribution in [0.1, 0.15) is 16.4 Å². The number of H-pyrrole nitrogens is 1. The molecule has 5 nitrogen and oxygen atoms in total. The van der Waals surface area contributed by atoms with E-state index in [2.05, 4.69) is 20.5 Å². The summed E-state index contributed by atoms with van der Waals surface area (Å²) in [5.41, 5.74) is -0.349. The van der Waals surface area contributed by atoms with Gasteiger partial charge in [0.1, 0.15) is 11.6 Å². The van der Waals surface area contributed by atoms with Gasteiger partial charge in [0.15, 0.2) is 5.16 Å². The number of rotatable bonds is 5. The summed E-state index contributed by atoms with van der Waals surface area (Å²) >= 11 is 6.71. The van der Waals surface area contributed by atoms with Gasteiger partial charge in [-0.1, -0.05) is 53.7 Å². The number of thioether (sulfide) groups is 1. The molecule has 3 rings (SSSR count). The Labute approximate surface area is 161 Å². The van der Waals surface area contributed by atoms with Crippen molar-refractivity contribution < 1.29 is 18.0 Å². The molecule has 0 saturated carbocycles. The molecule has 0 bridgehead atoms. The lowest BCUT2D eigenvalue weighted by atomic mass is 10.1. The minimum absolute atomic E-state index is 0.00386. The van der Waals surface area contributed by atoms with Gasteiger partial charge in [-0.05, 0) is 23.8 Å². The number of aromatic amines is 1. The van der Waals surface area contributed by atoms with Crippen LogP contribution in [0.2, 0.25) is 5.02 Å². The number of nitrogens with zero attached hydrogens (tertiary/aromatic N) is 2. The standard InChI is InChI=1S/C17H12ClF3N4OS/c18-13-7-6-11(8-12(13)17(19,20)21)24-15(26)14(10-4-2-1-3-5-10)27-16-22-9-23-25-16/h1-9,14H,(H,24,26)(H,22,23,25)/t14-/m0/s1. The Bertz CT molecular complexity index is 920. The predicted molar refractivity (Wildman–Crippen MR) is 96.5 cm³/mol. The molecular weight excluding hydrogens is 401 g/mol. The van der Waals surface area contributed by atoms with Crippen LogP contribution in [0.3, 0.4) is 0 Å². The fourth-order valence-corrected chi connectivity index (χ4v) is 3.41. The normalized spacial score (nSPS) is 12.6. The van der Waals surface area contributed by atoms with Crippen LogP contribution in [0, 0.1) is 0 Å². The van der Waals surface area contributed by atoms with E-state index >= 15 is 0 Å². The largest absolute Gasteiger partial charge is 0.417 e. The molecule has 10 heteroatoms. The average Bonchev–Trinajstić information content (AvgIpc) is 3.14. The van der Waals surface area contributed by atoms with E-state index in [9.17, 15) is 18.0 Å². The number of alkyl halides is 3. The van der Waals surface area contributed by atoms with Gasteiger partial charge in [-0.15, -0.1) is 0 Å². The zero-order chi connectivity index (χ0) is 19.4. The van der Waals surface area contributed by atoms with Gasteiger partial charge < -0.3 is 5.32 Å². The summed E-state index contributed by atoms with van der Waals surface area (Å²) < 4.78 is 39.1. The highest BCUT2D eigenvalue weighted by atomic mass is 35.5. The van der Waals surface area contributed by atoms with Crippen molar-refractivity contribution in [1.82, 2.24) is 15.2 Å². The lowest BCUT2D eigenvalue weighted by Gasteiger charge is -2.17. The maximum atomic E-state index is 13.0. The fraction of sp³-hybridized carbons (Fsp3) is 0.118. The van der Waals surface area contributed by atoms with Crippen molar-refractivity contribution in [3.63, 3.8) is 0 Å². The minimum Gasteiger partial charge on any atom is -0.325 e. The molecule has 140 valence electrons. The maximum absolute atomic E-state index is 13.0. The van der Waals surface area contributed by atoms with E-state index in [-0.39, 0.29) is 5.69 Å². The lowest BCUT2D eigenvalue weighted by Crippen LogP contribution is -2.19. The maximum Gasteiger partial charge on any atom is 0.417 e. The molecule has 2 aromatic carbocycles. The SMILES string of the molecule is O=C(Nc1ccc(Cl)c(C(F)(F)F)c1)[C@@H](Sc1ncn[nH]1)c1ccccc1. The van der Waals surface area contributed by atoms with Crippen molar-refractivity contribution in [3.05, 3.63) is 71.0 Å². The highest BCUT2D eigenvalue weighted by molar-refractivity contribution is 8.00. The molecule has 0 radical (unpaired) electrons. The van der Waals surface area contributed by atoms with Gasteiger partial charge >= 0.3 is 6.18 Å². The van der Waals surface area contributed by atoms with E-state index in [1.165, 1.54) is 12.4 Å². The summed E-state index contributed by atoms with van der Waals surface area (Å²) in [5, 5.41) is 8.12. The summed E-state index contributed by atoms with van der Waals surface area (Å²) in [4.78, 5) is 16.8. The molecule has 0 aliphatic rings. The Kier molecular flexibility index (Phi) is 5.71. The first kappa shape index (κ1) is 19.2. The smallest absolute Gasteiger partial charge is 0.325 e. The first-order valence-electron chi connectivity index (χ1n) is 7.59. The zero-order valence-corrected chi connectivity index (χ0v) is 15.1. The van der Waals surface area contributed by atoms with E-state index in [0.717, 1.165) is 23.9 Å². The number of anilines is 1. The molecule has 1 aromatic heterocycles. The lowest BCUT2D eigenvalue weighted by molar-refractivity contribution is -0.137. The molecule has 0 aliphatic carbocycles. The first-order chi connectivity index (χ1) is 12.8. The van der Waals surface area contributed by atoms with Gasteiger partial charge in [-0.2, -0.15) is 18.3 Å². The number of hydrogen-bond donors (Lipinski definition) is 2. The number of benzene rings is 2. The van der Waals surface area contributed by atoms with E-state index in [1.54, 1.807) is 30.3 Å². The third-order valence-electron chi connectivity index (χ3n) is 3.50. The molecule has 0 saturated heterocycles. The monoisotopic (exact) mass is 412 g/mol. The van der Waals surface area contributed by atoms with Crippen molar-refractivity contribution in [2.24, 2.45) is 0 Å². The van der Waals surface area contributed by atoms with Crippen molar-refractivity contribution in [1.29, 1.82) is 0 Å². The van der Waals surface area contributed by atoms with Crippen molar-refractivity contribution in [2.45, 2.75) is 16.6 Å². The number of carbonyl (C=O) groups excluding carboxylic acids is 1. The average molecular weight is 413 g/mol. The van der Waals surface area contributed by atoms with E-state index < -0.39 is 27.9 Å². The van der Waals surface area contributed by atoms with Crippen LogP contribution >= 0.6 is 23.4 Å². The van der Waals surface area contributed by atoms with Crippen LogP contribution in [0.4, 0.5) is 18.9 Å². The second kappa shape index (κ2) is 8.01. The Morgan fingerprint density at radius 3 is 2.56 bits per heavy atom. The zero-order valence-electron chi connectivity index (χ0n) is 13.5. The predicted octanol–water partition coefficient (Wildman–Crippen LogP) is 4.95. The summed E-state index contributed by atoms with van der Waals surface area (Å²) in [6, 6.07) is 12.0. The highest BCUT2D eigenvalue weighted by Gasteiger charge is 2.33. The molecule has 0 aliphatic heterocycles. The number of aromatic nitrogens is 3. The van der Waals surface area contributed by atoms with Gasteiger partial charge in [-0.3, -0.25) is 9.89 Å². The fourth-order valence-electron chi connectivity index (χ4n) is 2.29. The molecule has 27 heavy (non-hydrogen) atoms. The second-order valence-electron chi connectivity index (χ2n) is 5.38. The molecule has 3 aromatic rings. The molecule has 1 heterocycles. The molecule has 1 atom stereocenters. The summed E-state index contributed by atoms with van der Waals surface area (Å²) in [6.45, 7) is 0. The van der Waals surface area contributed by atoms with Crippen molar-refractivity contribution in [3.8, 4) is 0 Å². The van der Waals surface area contributed by atoms with Crippen LogP contribution in [0.15, 0.2) is 60.0 Å². The quantitative estimate of drug-likeness (QED) is 0.582. The topological polar surface area (TPSA) is 70.7 Å².